The summed E-state index contributed by atoms with van der Waals surface area (Å²) in [6.45, 7) is 3.57. The van der Waals surface area contributed by atoms with Gasteiger partial charge < -0.3 is 9.32 Å². The van der Waals surface area contributed by atoms with Crippen LogP contribution in [0.3, 0.4) is 0 Å². The Hall–Kier alpha value is -1.85. The number of piperidine rings is 1. The molecule has 0 spiro atoms. The minimum absolute atomic E-state index is 0.682. The lowest BCUT2D eigenvalue weighted by Gasteiger charge is -2.25. The Labute approximate surface area is 152 Å². The lowest BCUT2D eigenvalue weighted by molar-refractivity contribution is 0.242. The van der Waals surface area contributed by atoms with Gasteiger partial charge in [-0.25, -0.2) is 0 Å². The number of hydrogen-bond acceptors (Lipinski definition) is 5. The first kappa shape index (κ1) is 16.6. The van der Waals surface area contributed by atoms with E-state index in [4.69, 9.17) is 4.42 Å². The van der Waals surface area contributed by atoms with Crippen LogP contribution in [-0.2, 0) is 6.42 Å². The second-order valence-electron chi connectivity index (χ2n) is 6.53. The number of hydrogen-bond donors (Lipinski definition) is 0. The van der Waals surface area contributed by atoms with Crippen LogP contribution >= 0.6 is 11.8 Å². The van der Waals surface area contributed by atoms with E-state index in [1.807, 2.05) is 0 Å². The summed E-state index contributed by atoms with van der Waals surface area (Å²) in [5.41, 5.74) is 1.23. The van der Waals surface area contributed by atoms with Crippen molar-refractivity contribution in [3.05, 3.63) is 53.9 Å². The smallest absolute Gasteiger partial charge is 0.276 e. The van der Waals surface area contributed by atoms with Gasteiger partial charge in [-0.2, -0.15) is 0 Å². The zero-order valence-electron chi connectivity index (χ0n) is 14.4. The number of fused-ring (bicyclic) bond motifs is 1. The second-order valence-corrected chi connectivity index (χ2v) is 7.57. The zero-order valence-corrected chi connectivity index (χ0v) is 15.2. The van der Waals surface area contributed by atoms with E-state index in [9.17, 15) is 0 Å². The summed E-state index contributed by atoms with van der Waals surface area (Å²) in [6.07, 6.45) is 4.73. The van der Waals surface area contributed by atoms with Gasteiger partial charge in [0.05, 0.1) is 6.42 Å². The molecule has 0 N–H and O–H groups in total. The van der Waals surface area contributed by atoms with Crippen molar-refractivity contribution in [1.29, 1.82) is 0 Å². The van der Waals surface area contributed by atoms with E-state index in [1.54, 1.807) is 11.8 Å². The summed E-state index contributed by atoms with van der Waals surface area (Å²) in [5.74, 6) is 1.70. The normalized spacial score (nSPS) is 15.7. The molecule has 1 aromatic heterocycles. The third-order valence-electron chi connectivity index (χ3n) is 4.75. The molecule has 0 saturated carbocycles. The van der Waals surface area contributed by atoms with Gasteiger partial charge in [0.2, 0.25) is 5.89 Å². The minimum Gasteiger partial charge on any atom is -0.416 e. The van der Waals surface area contributed by atoms with E-state index < -0.39 is 0 Å². The van der Waals surface area contributed by atoms with Crippen molar-refractivity contribution < 1.29 is 4.42 Å². The molecule has 2 aromatic carbocycles. The number of nitrogens with zero attached hydrogens (tertiary/aromatic N) is 3. The van der Waals surface area contributed by atoms with Gasteiger partial charge in [-0.3, -0.25) is 0 Å². The zero-order chi connectivity index (χ0) is 16.9. The van der Waals surface area contributed by atoms with E-state index in [2.05, 4.69) is 57.6 Å². The Balaban J connectivity index is 1.36. The van der Waals surface area contributed by atoms with Gasteiger partial charge in [0, 0.05) is 12.3 Å². The van der Waals surface area contributed by atoms with E-state index >= 15 is 0 Å². The molecule has 4 nitrogen and oxygen atoms in total. The van der Waals surface area contributed by atoms with E-state index in [-0.39, 0.29) is 0 Å². The van der Waals surface area contributed by atoms with Crippen LogP contribution in [0.5, 0.6) is 0 Å². The summed E-state index contributed by atoms with van der Waals surface area (Å²) in [4.78, 5) is 2.53. The molecule has 0 radical (unpaired) electrons. The highest BCUT2D eigenvalue weighted by atomic mass is 32.2. The average molecular weight is 353 g/mol. The molecule has 0 amide bonds. The fourth-order valence-electron chi connectivity index (χ4n) is 3.42. The van der Waals surface area contributed by atoms with Gasteiger partial charge in [-0.1, -0.05) is 60.6 Å². The highest BCUT2D eigenvalue weighted by Gasteiger charge is 2.12. The first-order valence-corrected chi connectivity index (χ1v) is 10.0. The van der Waals surface area contributed by atoms with Crippen LogP contribution in [-0.4, -0.2) is 40.5 Å². The van der Waals surface area contributed by atoms with Gasteiger partial charge in [0.25, 0.3) is 5.22 Å². The molecule has 1 saturated heterocycles. The molecule has 0 atom stereocenters. The van der Waals surface area contributed by atoms with E-state index in [0.717, 1.165) is 12.3 Å². The molecule has 4 rings (SSSR count). The van der Waals surface area contributed by atoms with Crippen LogP contribution in [0.15, 0.2) is 52.1 Å². The number of rotatable bonds is 6. The van der Waals surface area contributed by atoms with Crippen molar-refractivity contribution in [2.45, 2.75) is 30.9 Å². The largest absolute Gasteiger partial charge is 0.416 e. The number of benzene rings is 2. The van der Waals surface area contributed by atoms with Crippen molar-refractivity contribution in [3.8, 4) is 0 Å². The van der Waals surface area contributed by atoms with Crippen LogP contribution < -0.4 is 0 Å². The summed E-state index contributed by atoms with van der Waals surface area (Å²) in [5, 5.41) is 11.6. The fraction of sp³-hybridized carbons (Fsp3) is 0.400. The average Bonchev–Trinajstić information content (AvgIpc) is 3.10. The topological polar surface area (TPSA) is 42.2 Å². The quantitative estimate of drug-likeness (QED) is 0.615. The highest BCUT2D eigenvalue weighted by Crippen LogP contribution is 2.23. The molecular formula is C20H23N3OS. The van der Waals surface area contributed by atoms with Crippen LogP contribution in [0.4, 0.5) is 0 Å². The highest BCUT2D eigenvalue weighted by molar-refractivity contribution is 7.99. The molecule has 1 fully saturated rings. The molecule has 25 heavy (non-hydrogen) atoms. The maximum Gasteiger partial charge on any atom is 0.276 e. The molecule has 5 heteroatoms. The number of likely N-dealkylation sites (tertiary alicyclic amines) is 1. The van der Waals surface area contributed by atoms with Crippen LogP contribution in [0.25, 0.3) is 10.8 Å². The molecule has 2 heterocycles. The summed E-state index contributed by atoms with van der Waals surface area (Å²) in [6, 6.07) is 14.8. The third-order valence-corrected chi connectivity index (χ3v) is 5.55. The maximum absolute atomic E-state index is 5.85. The van der Waals surface area contributed by atoms with E-state index in [0.29, 0.717) is 17.5 Å². The molecule has 1 aliphatic rings. The molecule has 0 bridgehead atoms. The summed E-state index contributed by atoms with van der Waals surface area (Å²) in [7, 11) is 0. The number of thioether (sulfide) groups is 1. The Morgan fingerprint density at radius 2 is 1.80 bits per heavy atom. The van der Waals surface area contributed by atoms with Gasteiger partial charge in [-0.05, 0) is 42.3 Å². The van der Waals surface area contributed by atoms with Crippen molar-refractivity contribution >= 4 is 22.5 Å². The predicted octanol–water partition coefficient (Wildman–Crippen LogP) is 4.39. The Morgan fingerprint density at radius 1 is 0.960 bits per heavy atom. The van der Waals surface area contributed by atoms with Crippen molar-refractivity contribution in [1.82, 2.24) is 15.1 Å². The standard InChI is InChI=1S/C20H23N3OS/c1-4-11-23(12-5-1)13-14-25-20-22-21-19(24-20)15-17-9-6-8-16-7-2-3-10-18(16)17/h2-3,6-10H,1,4-5,11-15H2. The van der Waals surface area contributed by atoms with Crippen LogP contribution in [0.1, 0.15) is 30.7 Å². The minimum atomic E-state index is 0.682. The molecule has 1 aliphatic heterocycles. The van der Waals surface area contributed by atoms with Crippen LogP contribution in [0.2, 0.25) is 0 Å². The Kier molecular flexibility index (Phi) is 5.33. The maximum atomic E-state index is 5.85. The fourth-order valence-corrected chi connectivity index (χ4v) is 4.20. The molecule has 0 aliphatic carbocycles. The van der Waals surface area contributed by atoms with Crippen molar-refractivity contribution in [3.63, 3.8) is 0 Å². The van der Waals surface area contributed by atoms with Gasteiger partial charge in [0.1, 0.15) is 0 Å². The Bertz CT molecular complexity index is 821. The van der Waals surface area contributed by atoms with Crippen LogP contribution in [0, 0.1) is 0 Å². The molecule has 3 aromatic rings. The molecule has 130 valence electrons. The monoisotopic (exact) mass is 353 g/mol. The Morgan fingerprint density at radius 3 is 2.72 bits per heavy atom. The van der Waals surface area contributed by atoms with Crippen molar-refractivity contribution in [2.75, 3.05) is 25.4 Å². The SMILES string of the molecule is c1ccc2c(Cc3nnc(SCCN4CCCCC4)o3)cccc2c1. The third kappa shape index (κ3) is 4.22. The van der Waals surface area contributed by atoms with Gasteiger partial charge in [-0.15, -0.1) is 10.2 Å². The van der Waals surface area contributed by atoms with E-state index in [1.165, 1.54) is 48.7 Å². The van der Waals surface area contributed by atoms with Crippen molar-refractivity contribution in [2.24, 2.45) is 0 Å². The van der Waals surface area contributed by atoms with Gasteiger partial charge >= 0.3 is 0 Å². The first-order chi connectivity index (χ1) is 12.4. The van der Waals surface area contributed by atoms with Gasteiger partial charge in [0.15, 0.2) is 0 Å². The second kappa shape index (κ2) is 8.02. The summed E-state index contributed by atoms with van der Waals surface area (Å²) < 4.78 is 5.85. The lowest BCUT2D eigenvalue weighted by atomic mass is 10.0. The number of aromatic nitrogens is 2. The predicted molar refractivity (Wildman–Crippen MR) is 102 cm³/mol. The first-order valence-electron chi connectivity index (χ1n) is 9.03. The molecule has 0 unspecified atom stereocenters. The summed E-state index contributed by atoms with van der Waals surface area (Å²) >= 11 is 1.67. The molecular weight excluding hydrogens is 330 g/mol. The lowest BCUT2D eigenvalue weighted by Crippen LogP contribution is -2.31.